The number of aliphatic hydroxyl groups excluding tert-OH is 1. The van der Waals surface area contributed by atoms with Gasteiger partial charge in [0.25, 0.3) is 0 Å². The second-order valence-electron chi connectivity index (χ2n) is 5.06. The smallest absolute Gasteiger partial charge is 0.0702 e. The van der Waals surface area contributed by atoms with Crippen molar-refractivity contribution in [2.75, 3.05) is 19.7 Å². The van der Waals surface area contributed by atoms with E-state index in [0.29, 0.717) is 12.1 Å². The third-order valence-electron chi connectivity index (χ3n) is 3.27. The van der Waals surface area contributed by atoms with Gasteiger partial charge in [-0.3, -0.25) is 4.90 Å². The van der Waals surface area contributed by atoms with E-state index in [1.165, 1.54) is 12.8 Å². The van der Waals surface area contributed by atoms with E-state index in [9.17, 15) is 5.11 Å². The summed E-state index contributed by atoms with van der Waals surface area (Å²) in [6.07, 6.45) is 4.58. The highest BCUT2D eigenvalue weighted by atomic mass is 16.5. The van der Waals surface area contributed by atoms with Crippen LogP contribution in [0.2, 0.25) is 0 Å². The van der Waals surface area contributed by atoms with Crippen LogP contribution in [0.4, 0.5) is 0 Å². The van der Waals surface area contributed by atoms with E-state index >= 15 is 0 Å². The van der Waals surface area contributed by atoms with E-state index in [-0.39, 0.29) is 6.10 Å². The molecule has 0 radical (unpaired) electrons. The van der Waals surface area contributed by atoms with Gasteiger partial charge in [-0.15, -0.1) is 0 Å². The summed E-state index contributed by atoms with van der Waals surface area (Å²) in [6.45, 7) is 9.29. The number of hydrogen-bond donors (Lipinski definition) is 1. The van der Waals surface area contributed by atoms with Gasteiger partial charge in [0.05, 0.1) is 12.2 Å². The molecule has 1 N–H and O–H groups in total. The minimum Gasteiger partial charge on any atom is -0.393 e. The molecule has 16 heavy (non-hydrogen) atoms. The lowest BCUT2D eigenvalue weighted by atomic mass is 10.0. The highest BCUT2D eigenvalue weighted by Gasteiger charge is 2.24. The number of aliphatic hydroxyl groups is 1. The Kier molecular flexibility index (Phi) is 6.32. The van der Waals surface area contributed by atoms with Crippen LogP contribution in [-0.4, -0.2) is 48.0 Å². The molecule has 1 rings (SSSR count). The Morgan fingerprint density at radius 3 is 2.81 bits per heavy atom. The van der Waals surface area contributed by atoms with Gasteiger partial charge in [-0.25, -0.2) is 0 Å². The van der Waals surface area contributed by atoms with Gasteiger partial charge in [0.2, 0.25) is 0 Å². The molecule has 0 aromatic carbocycles. The third-order valence-corrected chi connectivity index (χ3v) is 3.27. The van der Waals surface area contributed by atoms with Gasteiger partial charge < -0.3 is 9.84 Å². The average Bonchev–Trinajstić information content (AvgIpc) is 2.26. The van der Waals surface area contributed by atoms with Crippen molar-refractivity contribution in [3.63, 3.8) is 0 Å². The Morgan fingerprint density at radius 1 is 1.44 bits per heavy atom. The lowest BCUT2D eigenvalue weighted by Gasteiger charge is -2.37. The molecule has 3 atom stereocenters. The molecule has 0 amide bonds. The molecule has 3 heteroatoms. The molecule has 1 saturated heterocycles. The maximum absolute atomic E-state index is 9.40. The minimum absolute atomic E-state index is 0.202. The highest BCUT2D eigenvalue weighted by molar-refractivity contribution is 4.78. The summed E-state index contributed by atoms with van der Waals surface area (Å²) in [4.78, 5) is 2.45. The second-order valence-corrected chi connectivity index (χ2v) is 5.06. The maximum Gasteiger partial charge on any atom is 0.0702 e. The molecule has 0 spiro atoms. The molecule has 0 saturated carbocycles. The number of piperidine rings is 1. The number of rotatable bonds is 6. The van der Waals surface area contributed by atoms with Gasteiger partial charge >= 0.3 is 0 Å². The molecule has 0 bridgehead atoms. The van der Waals surface area contributed by atoms with Crippen molar-refractivity contribution < 1.29 is 9.84 Å². The lowest BCUT2D eigenvalue weighted by molar-refractivity contribution is -0.0159. The van der Waals surface area contributed by atoms with Crippen molar-refractivity contribution in [1.29, 1.82) is 0 Å². The number of ether oxygens (including phenoxy) is 1. The first kappa shape index (κ1) is 13.9. The maximum atomic E-state index is 9.40. The average molecular weight is 229 g/mol. The first-order chi connectivity index (χ1) is 7.63. The van der Waals surface area contributed by atoms with Crippen molar-refractivity contribution in [3.8, 4) is 0 Å². The monoisotopic (exact) mass is 229 g/mol. The largest absolute Gasteiger partial charge is 0.393 e. The molecule has 1 aliphatic heterocycles. The van der Waals surface area contributed by atoms with E-state index in [2.05, 4.69) is 18.7 Å². The van der Waals surface area contributed by atoms with Crippen LogP contribution in [0.15, 0.2) is 0 Å². The fourth-order valence-electron chi connectivity index (χ4n) is 2.43. The first-order valence-corrected chi connectivity index (χ1v) is 6.67. The third kappa shape index (κ3) is 4.81. The molecule has 0 aromatic rings. The van der Waals surface area contributed by atoms with Gasteiger partial charge in [-0.2, -0.15) is 0 Å². The Labute approximate surface area is 99.8 Å². The quantitative estimate of drug-likeness (QED) is 0.756. The molecule has 3 unspecified atom stereocenters. The van der Waals surface area contributed by atoms with Gasteiger partial charge in [0, 0.05) is 19.2 Å². The summed E-state index contributed by atoms with van der Waals surface area (Å²) >= 11 is 0. The number of hydrogen-bond acceptors (Lipinski definition) is 3. The standard InChI is InChI=1S/C13H27NO2/c1-4-8-16-13-6-5-7-14(10-13)11(2)9-12(3)15/h11-13,15H,4-10H2,1-3H3. The van der Waals surface area contributed by atoms with E-state index in [1.807, 2.05) is 6.92 Å². The summed E-state index contributed by atoms with van der Waals surface area (Å²) in [5.41, 5.74) is 0. The number of nitrogens with zero attached hydrogens (tertiary/aromatic N) is 1. The molecule has 1 heterocycles. The Hall–Kier alpha value is -0.120. The molecule has 1 aliphatic rings. The highest BCUT2D eigenvalue weighted by Crippen LogP contribution is 2.18. The molecule has 1 fully saturated rings. The molecular formula is C13H27NO2. The summed E-state index contributed by atoms with van der Waals surface area (Å²) in [7, 11) is 0. The Morgan fingerprint density at radius 2 is 2.19 bits per heavy atom. The Balaban J connectivity index is 2.31. The second kappa shape index (κ2) is 7.25. The summed E-state index contributed by atoms with van der Waals surface area (Å²) in [6, 6.07) is 0.466. The first-order valence-electron chi connectivity index (χ1n) is 6.67. The van der Waals surface area contributed by atoms with E-state index < -0.39 is 0 Å². The summed E-state index contributed by atoms with van der Waals surface area (Å²) in [5, 5.41) is 9.40. The van der Waals surface area contributed by atoms with Crippen molar-refractivity contribution in [3.05, 3.63) is 0 Å². The summed E-state index contributed by atoms with van der Waals surface area (Å²) in [5.74, 6) is 0. The van der Waals surface area contributed by atoms with Crippen molar-refractivity contribution >= 4 is 0 Å². The number of likely N-dealkylation sites (tertiary alicyclic amines) is 1. The fourth-order valence-corrected chi connectivity index (χ4v) is 2.43. The minimum atomic E-state index is -0.202. The van der Waals surface area contributed by atoms with Crippen molar-refractivity contribution in [2.45, 2.75) is 64.7 Å². The van der Waals surface area contributed by atoms with Crippen molar-refractivity contribution in [1.82, 2.24) is 4.90 Å². The lowest BCUT2D eigenvalue weighted by Crippen LogP contribution is -2.45. The van der Waals surface area contributed by atoms with Gasteiger partial charge in [0.15, 0.2) is 0 Å². The van der Waals surface area contributed by atoms with Gasteiger partial charge in [-0.05, 0) is 46.1 Å². The Bertz CT molecular complexity index is 185. The molecule has 0 aromatic heterocycles. The van der Waals surface area contributed by atoms with Gasteiger partial charge in [-0.1, -0.05) is 6.92 Å². The predicted octanol–water partition coefficient (Wildman–Crippen LogP) is 2.04. The van der Waals surface area contributed by atoms with Crippen molar-refractivity contribution in [2.24, 2.45) is 0 Å². The van der Waals surface area contributed by atoms with Crippen LogP contribution in [0.1, 0.15) is 46.5 Å². The summed E-state index contributed by atoms with van der Waals surface area (Å²) < 4.78 is 5.81. The van der Waals surface area contributed by atoms with Crippen LogP contribution in [-0.2, 0) is 4.74 Å². The normalized spacial score (nSPS) is 26.6. The molecule has 3 nitrogen and oxygen atoms in total. The van der Waals surface area contributed by atoms with E-state index in [0.717, 1.165) is 32.5 Å². The fraction of sp³-hybridized carbons (Fsp3) is 1.00. The predicted molar refractivity (Wildman–Crippen MR) is 66.6 cm³/mol. The zero-order chi connectivity index (χ0) is 12.0. The van der Waals surface area contributed by atoms with Crippen LogP contribution in [0.25, 0.3) is 0 Å². The van der Waals surface area contributed by atoms with Crippen LogP contribution < -0.4 is 0 Å². The zero-order valence-electron chi connectivity index (χ0n) is 11.0. The van der Waals surface area contributed by atoms with Crippen LogP contribution in [0.5, 0.6) is 0 Å². The molecular weight excluding hydrogens is 202 g/mol. The van der Waals surface area contributed by atoms with Crippen LogP contribution >= 0.6 is 0 Å². The van der Waals surface area contributed by atoms with Gasteiger partial charge in [0.1, 0.15) is 0 Å². The van der Waals surface area contributed by atoms with Crippen LogP contribution in [0, 0.1) is 0 Å². The van der Waals surface area contributed by atoms with E-state index in [4.69, 9.17) is 4.74 Å². The van der Waals surface area contributed by atoms with E-state index in [1.54, 1.807) is 0 Å². The molecule has 0 aliphatic carbocycles. The van der Waals surface area contributed by atoms with Crippen LogP contribution in [0.3, 0.4) is 0 Å². The SMILES string of the molecule is CCCOC1CCCN(C(C)CC(C)O)C1. The molecule has 96 valence electrons. The zero-order valence-corrected chi connectivity index (χ0v) is 11.0. The topological polar surface area (TPSA) is 32.7 Å².